The molecule has 2 N–H and O–H groups in total. The highest BCUT2D eigenvalue weighted by Gasteiger charge is 2.30. The molecule has 0 aliphatic carbocycles. The lowest BCUT2D eigenvalue weighted by molar-refractivity contribution is -0.139. The number of nitrogens with one attached hydrogen (secondary N) is 2. The molecule has 0 fully saturated rings. The van der Waals surface area contributed by atoms with Crippen molar-refractivity contribution in [3.8, 4) is 5.75 Å². The maximum atomic E-state index is 12.0. The summed E-state index contributed by atoms with van der Waals surface area (Å²) in [5.41, 5.74) is 1.03. The molecule has 6 heteroatoms. The zero-order chi connectivity index (χ0) is 14.5. The molecular formula is C14H16N2O4. The summed E-state index contributed by atoms with van der Waals surface area (Å²) in [5.74, 6) is 0.116. The Labute approximate surface area is 116 Å². The molecule has 20 heavy (non-hydrogen) atoms. The van der Waals surface area contributed by atoms with Gasteiger partial charge in [-0.3, -0.25) is 0 Å². The Balaban J connectivity index is 2.40. The van der Waals surface area contributed by atoms with Crippen LogP contribution in [0.25, 0.3) is 0 Å². The molecule has 1 aromatic rings. The molecule has 1 aliphatic rings. The van der Waals surface area contributed by atoms with Crippen molar-refractivity contribution in [1.82, 2.24) is 10.6 Å². The van der Waals surface area contributed by atoms with Gasteiger partial charge in [-0.15, -0.1) is 0 Å². The molecule has 0 spiro atoms. The number of carbonyl (C=O) groups excluding carboxylic acids is 2. The van der Waals surface area contributed by atoms with Gasteiger partial charge in [0.25, 0.3) is 0 Å². The summed E-state index contributed by atoms with van der Waals surface area (Å²) >= 11 is 0. The fourth-order valence-corrected chi connectivity index (χ4v) is 2.02. The predicted molar refractivity (Wildman–Crippen MR) is 72.1 cm³/mol. The smallest absolute Gasteiger partial charge is 0.337 e. The molecule has 0 saturated heterocycles. The lowest BCUT2D eigenvalue weighted by Crippen LogP contribution is -2.42. The van der Waals surface area contributed by atoms with E-state index in [-0.39, 0.29) is 12.6 Å². The van der Waals surface area contributed by atoms with Crippen LogP contribution < -0.4 is 15.4 Å². The van der Waals surface area contributed by atoms with Crippen molar-refractivity contribution in [3.05, 3.63) is 41.6 Å². The topological polar surface area (TPSA) is 76.7 Å². The summed E-state index contributed by atoms with van der Waals surface area (Å²) in [6.45, 7) is 1.99. The Hall–Kier alpha value is -2.50. The van der Waals surface area contributed by atoms with Crippen LogP contribution >= 0.6 is 0 Å². The van der Waals surface area contributed by atoms with Gasteiger partial charge in [-0.2, -0.15) is 0 Å². The normalized spacial score (nSPS) is 17.6. The van der Waals surface area contributed by atoms with Gasteiger partial charge in [0, 0.05) is 11.8 Å². The molecule has 0 radical (unpaired) electrons. The number of ether oxygens (including phenoxy) is 2. The van der Waals surface area contributed by atoms with Crippen LogP contribution in [0.3, 0.4) is 0 Å². The van der Waals surface area contributed by atoms with Crippen LogP contribution in [0, 0.1) is 0 Å². The van der Waals surface area contributed by atoms with E-state index in [0.29, 0.717) is 16.9 Å². The van der Waals surface area contributed by atoms with Crippen molar-refractivity contribution in [2.45, 2.75) is 13.0 Å². The van der Waals surface area contributed by atoms with Crippen molar-refractivity contribution >= 4 is 12.0 Å². The summed E-state index contributed by atoms with van der Waals surface area (Å²) in [7, 11) is 1.54. The van der Waals surface area contributed by atoms with Crippen molar-refractivity contribution in [3.63, 3.8) is 0 Å². The Kier molecular flexibility index (Phi) is 4.24. The number of urea groups is 1. The average Bonchev–Trinajstić information content (AvgIpc) is 2.47. The average molecular weight is 276 g/mol. The van der Waals surface area contributed by atoms with Crippen molar-refractivity contribution in [2.24, 2.45) is 0 Å². The third kappa shape index (κ3) is 2.74. The maximum Gasteiger partial charge on any atom is 0.337 e. The minimum atomic E-state index is -0.598. The van der Waals surface area contributed by atoms with Crippen LogP contribution in [-0.4, -0.2) is 25.7 Å². The second kappa shape index (κ2) is 6.10. The number of benzene rings is 1. The molecule has 1 aromatic carbocycles. The number of rotatable bonds is 4. The molecular weight excluding hydrogens is 260 g/mol. The first-order valence-electron chi connectivity index (χ1n) is 6.24. The van der Waals surface area contributed by atoms with E-state index in [1.807, 2.05) is 12.1 Å². The third-order valence-corrected chi connectivity index (χ3v) is 2.91. The van der Waals surface area contributed by atoms with Gasteiger partial charge in [0.1, 0.15) is 5.75 Å². The van der Waals surface area contributed by atoms with Crippen LogP contribution in [0.2, 0.25) is 0 Å². The Morgan fingerprint density at radius 3 is 2.80 bits per heavy atom. The van der Waals surface area contributed by atoms with Gasteiger partial charge in [-0.25, -0.2) is 9.59 Å². The van der Waals surface area contributed by atoms with E-state index in [2.05, 4.69) is 10.6 Å². The van der Waals surface area contributed by atoms with Gasteiger partial charge in [0.15, 0.2) is 0 Å². The molecule has 1 heterocycles. The van der Waals surface area contributed by atoms with Crippen LogP contribution in [0.1, 0.15) is 18.5 Å². The minimum Gasteiger partial charge on any atom is -0.496 e. The molecule has 0 aromatic heterocycles. The highest BCUT2D eigenvalue weighted by atomic mass is 16.5. The largest absolute Gasteiger partial charge is 0.496 e. The van der Waals surface area contributed by atoms with Crippen molar-refractivity contribution in [2.75, 3.05) is 13.7 Å². The van der Waals surface area contributed by atoms with E-state index in [0.717, 1.165) is 0 Å². The second-order valence-corrected chi connectivity index (χ2v) is 4.11. The third-order valence-electron chi connectivity index (χ3n) is 2.91. The summed E-state index contributed by atoms with van der Waals surface area (Å²) in [6.07, 6.45) is 1.37. The lowest BCUT2D eigenvalue weighted by atomic mass is 9.97. The number of esters is 1. The van der Waals surface area contributed by atoms with Gasteiger partial charge in [0.05, 0.1) is 25.3 Å². The van der Waals surface area contributed by atoms with Crippen LogP contribution in [-0.2, 0) is 9.53 Å². The van der Waals surface area contributed by atoms with Crippen LogP contribution in [0.15, 0.2) is 36.0 Å². The predicted octanol–water partition coefficient (Wildman–Crippen LogP) is 1.50. The Morgan fingerprint density at radius 2 is 2.10 bits per heavy atom. The summed E-state index contributed by atoms with van der Waals surface area (Å²) in [4.78, 5) is 23.5. The van der Waals surface area contributed by atoms with Gasteiger partial charge < -0.3 is 20.1 Å². The molecule has 0 bridgehead atoms. The monoisotopic (exact) mass is 276 g/mol. The second-order valence-electron chi connectivity index (χ2n) is 4.11. The van der Waals surface area contributed by atoms with Crippen LogP contribution in [0.4, 0.5) is 4.79 Å². The Morgan fingerprint density at radius 1 is 1.35 bits per heavy atom. The van der Waals surface area contributed by atoms with Crippen molar-refractivity contribution in [1.29, 1.82) is 0 Å². The fourth-order valence-electron chi connectivity index (χ4n) is 2.02. The quantitative estimate of drug-likeness (QED) is 0.817. The Bertz CT molecular complexity index is 554. The summed E-state index contributed by atoms with van der Waals surface area (Å²) in [5, 5.41) is 5.15. The number of hydrogen-bond donors (Lipinski definition) is 2. The maximum absolute atomic E-state index is 12.0. The SMILES string of the molecule is CCOC(=O)C1=CNC(=O)NC1c1ccccc1OC. The van der Waals surface area contributed by atoms with Gasteiger partial charge in [-0.1, -0.05) is 18.2 Å². The fraction of sp³-hybridized carbons (Fsp3) is 0.286. The molecule has 6 nitrogen and oxygen atoms in total. The molecule has 2 rings (SSSR count). The van der Waals surface area contributed by atoms with Crippen molar-refractivity contribution < 1.29 is 19.1 Å². The molecule has 106 valence electrons. The number of hydrogen-bond acceptors (Lipinski definition) is 4. The van der Waals surface area contributed by atoms with E-state index in [9.17, 15) is 9.59 Å². The molecule has 0 saturated carbocycles. The first-order chi connectivity index (χ1) is 9.67. The molecule has 1 aliphatic heterocycles. The molecule has 1 atom stereocenters. The zero-order valence-electron chi connectivity index (χ0n) is 11.3. The highest BCUT2D eigenvalue weighted by molar-refractivity contribution is 5.94. The molecule has 1 unspecified atom stereocenters. The van der Waals surface area contributed by atoms with E-state index >= 15 is 0 Å². The van der Waals surface area contributed by atoms with E-state index < -0.39 is 12.0 Å². The first kappa shape index (κ1) is 13.9. The number of para-hydroxylation sites is 1. The van der Waals surface area contributed by atoms with E-state index in [1.54, 1.807) is 19.1 Å². The number of amides is 2. The lowest BCUT2D eigenvalue weighted by Gasteiger charge is -2.26. The highest BCUT2D eigenvalue weighted by Crippen LogP contribution is 2.31. The first-order valence-corrected chi connectivity index (χ1v) is 6.24. The zero-order valence-corrected chi connectivity index (χ0v) is 11.3. The van der Waals surface area contributed by atoms with Gasteiger partial charge in [0.2, 0.25) is 0 Å². The van der Waals surface area contributed by atoms with E-state index in [1.165, 1.54) is 13.3 Å². The number of methoxy groups -OCH3 is 1. The summed E-state index contributed by atoms with van der Waals surface area (Å²) in [6, 6.07) is 6.22. The standard InChI is InChI=1S/C14H16N2O4/c1-3-20-13(17)10-8-15-14(18)16-12(10)9-6-4-5-7-11(9)19-2/h4-8,12H,3H2,1-2H3,(H2,15,16,18). The molecule has 2 amide bonds. The van der Waals surface area contributed by atoms with Gasteiger partial charge >= 0.3 is 12.0 Å². The van der Waals surface area contributed by atoms with Gasteiger partial charge in [-0.05, 0) is 13.0 Å². The number of carbonyl (C=O) groups is 2. The summed E-state index contributed by atoms with van der Waals surface area (Å²) < 4.78 is 10.3. The van der Waals surface area contributed by atoms with Crippen LogP contribution in [0.5, 0.6) is 5.75 Å². The van der Waals surface area contributed by atoms with E-state index in [4.69, 9.17) is 9.47 Å². The minimum absolute atomic E-state index is 0.267.